The Morgan fingerprint density at radius 1 is 0.273 bits per heavy atom. The molecule has 0 spiro atoms. The summed E-state index contributed by atoms with van der Waals surface area (Å²) in [6, 6.07) is 9.29. The first-order valence-corrected chi connectivity index (χ1v) is 29.4. The lowest BCUT2D eigenvalue weighted by Gasteiger charge is -2.32. The quantitative estimate of drug-likeness (QED) is 0.0652. The molecule has 0 heterocycles. The molecule has 0 fully saturated rings. The Labute approximate surface area is 371 Å². The summed E-state index contributed by atoms with van der Waals surface area (Å²) in [5.41, 5.74) is -14.9. The monoisotopic (exact) mass is 1140 g/mol. The molecule has 32 nitrogen and oxygen atoms in total. The molecule has 0 aliphatic rings. The van der Waals surface area contributed by atoms with Crippen LogP contribution in [-0.2, 0) is 102 Å². The van der Waals surface area contributed by atoms with Gasteiger partial charge in [-0.3, -0.25) is 45.5 Å². The third-order valence-corrected chi connectivity index (χ3v) is 18.0. The van der Waals surface area contributed by atoms with Crippen molar-refractivity contribution >= 4 is 124 Å². The molecule has 0 unspecified atom stereocenters. The molecular formula is C24H20N2O30S10. The van der Waals surface area contributed by atoms with E-state index in [4.69, 9.17) is 0 Å². The van der Waals surface area contributed by atoms with Crippen molar-refractivity contribution in [3.05, 3.63) is 60.7 Å². The zero-order chi connectivity index (χ0) is 51.3. The molecule has 0 atom stereocenters. The van der Waals surface area contributed by atoms with Gasteiger partial charge in [0.1, 0.15) is 44.9 Å². The van der Waals surface area contributed by atoms with Crippen LogP contribution in [0.25, 0.3) is 11.1 Å². The second-order valence-corrected chi connectivity index (χ2v) is 25.7. The lowest BCUT2D eigenvalue weighted by atomic mass is 10.0. The van der Waals surface area contributed by atoms with Crippen molar-refractivity contribution in [1.82, 2.24) is 0 Å². The third-order valence-electron chi connectivity index (χ3n) is 7.76. The van der Waals surface area contributed by atoms with E-state index >= 15 is 0 Å². The number of rotatable bonds is 15. The van der Waals surface area contributed by atoms with Gasteiger partial charge in [-0.05, 0) is 24.3 Å². The van der Waals surface area contributed by atoms with Gasteiger partial charge in [-0.25, -0.2) is 0 Å². The zero-order valence-electron chi connectivity index (χ0n) is 30.4. The summed E-state index contributed by atoms with van der Waals surface area (Å²) < 4.78 is 365. The van der Waals surface area contributed by atoms with Gasteiger partial charge in [0.05, 0.1) is 5.69 Å². The van der Waals surface area contributed by atoms with Gasteiger partial charge < -0.3 is 4.90 Å². The highest BCUT2D eigenvalue weighted by Crippen LogP contribution is 2.57. The predicted molar refractivity (Wildman–Crippen MR) is 211 cm³/mol. The predicted octanol–water partition coefficient (Wildman–Crippen LogP) is -0.791. The summed E-state index contributed by atoms with van der Waals surface area (Å²) in [5.74, 6) is 0. The highest BCUT2D eigenvalue weighted by molar-refractivity contribution is 8.05. The minimum Gasteiger partial charge on any atom is -0.308 e. The van der Waals surface area contributed by atoms with Crippen molar-refractivity contribution in [2.24, 2.45) is 0 Å². The Hall–Kier alpha value is -4.42. The van der Waals surface area contributed by atoms with E-state index in [2.05, 4.69) is 0 Å². The number of hydrogen-bond donors (Lipinski definition) is 10. The van der Waals surface area contributed by atoms with Gasteiger partial charge in [0.2, 0.25) is 0 Å². The molecule has 0 amide bonds. The molecule has 4 rings (SSSR count). The van der Waals surface area contributed by atoms with E-state index in [1.807, 2.05) is 0 Å². The fourth-order valence-electron chi connectivity index (χ4n) is 5.97. The molecule has 0 aliphatic heterocycles. The summed E-state index contributed by atoms with van der Waals surface area (Å²) in [5, 5.41) is 0. The fraction of sp³-hybridized carbons (Fsp3) is 0. The second kappa shape index (κ2) is 16.7. The van der Waals surface area contributed by atoms with Crippen LogP contribution in [0.15, 0.2) is 99.8 Å². The number of anilines is 4. The Morgan fingerprint density at radius 3 is 0.652 bits per heavy atom. The highest BCUT2D eigenvalue weighted by Gasteiger charge is 2.53. The Kier molecular flexibility index (Phi) is 13.7. The van der Waals surface area contributed by atoms with E-state index in [0.717, 1.165) is 60.7 Å². The molecule has 4 aromatic carbocycles. The smallest absolute Gasteiger partial charge is 0.308 e. The maximum atomic E-state index is 13.6. The van der Waals surface area contributed by atoms with Crippen LogP contribution in [0.3, 0.4) is 0 Å². The average molecular weight is 1140 g/mol. The van der Waals surface area contributed by atoms with E-state index in [1.54, 1.807) is 0 Å². The van der Waals surface area contributed by atoms with Gasteiger partial charge in [-0.2, -0.15) is 84.2 Å². The summed E-state index contributed by atoms with van der Waals surface area (Å²) in [4.78, 5) is -28.0. The van der Waals surface area contributed by atoms with Crippen LogP contribution in [0.2, 0.25) is 0 Å². The summed E-state index contributed by atoms with van der Waals surface area (Å²) >= 11 is 0. The molecule has 0 bridgehead atoms. The van der Waals surface area contributed by atoms with Crippen molar-refractivity contribution in [2.45, 2.75) is 39.2 Å². The number of para-hydroxylation sites is 2. The Bertz CT molecular complexity index is 3680. The minimum atomic E-state index is -7.68. The van der Waals surface area contributed by atoms with Gasteiger partial charge in [0.25, 0.3) is 80.9 Å². The first kappa shape index (κ1) is 54.2. The Balaban J connectivity index is 3.00. The van der Waals surface area contributed by atoms with E-state index in [0.29, 0.717) is 0 Å². The van der Waals surface area contributed by atoms with Crippen LogP contribution < -0.4 is 8.61 Å². The molecular weight excluding hydrogens is 1120 g/mol. The van der Waals surface area contributed by atoms with Crippen molar-refractivity contribution in [1.29, 1.82) is 0 Å². The zero-order valence-corrected chi connectivity index (χ0v) is 38.6. The Morgan fingerprint density at radius 2 is 0.470 bits per heavy atom. The van der Waals surface area contributed by atoms with Crippen LogP contribution in [0.4, 0.5) is 22.7 Å². The maximum absolute atomic E-state index is 13.6. The van der Waals surface area contributed by atoms with Gasteiger partial charge >= 0.3 is 20.6 Å². The highest BCUT2D eigenvalue weighted by atomic mass is 32.3. The van der Waals surface area contributed by atoms with Crippen LogP contribution in [0, 0.1) is 0 Å². The molecule has 0 saturated carbocycles. The van der Waals surface area contributed by atoms with Crippen molar-refractivity contribution in [2.75, 3.05) is 8.61 Å². The van der Waals surface area contributed by atoms with Crippen molar-refractivity contribution < 1.29 is 130 Å². The number of hydrogen-bond acceptors (Lipinski definition) is 21. The normalized spacial score (nSPS) is 13.9. The van der Waals surface area contributed by atoms with Gasteiger partial charge in [0.15, 0.2) is 0 Å². The SMILES string of the molecule is O=S(=O)(O)c1c(-c2c(S(=O)(=O)O)c(S(=O)(=O)O)c(N(S(=O)(=O)O)S(=O)(=O)O)c(S(=O)(=O)O)c2S(=O)(=O)O)c(S(=O)(=O)O)c(S(=O)(=O)O)c(N(c2ccccc2)c2ccccc2)c1S(=O)(=O)O. The molecule has 366 valence electrons. The van der Waals surface area contributed by atoms with Crippen LogP contribution >= 0.6 is 0 Å². The lowest BCUT2D eigenvalue weighted by Crippen LogP contribution is -2.39. The molecule has 4 aromatic rings. The van der Waals surface area contributed by atoms with Crippen molar-refractivity contribution in [3.8, 4) is 11.1 Å². The maximum Gasteiger partial charge on any atom is 0.375 e. The van der Waals surface area contributed by atoms with E-state index < -0.39 is 178 Å². The first-order chi connectivity index (χ1) is 29.2. The van der Waals surface area contributed by atoms with Crippen LogP contribution in [-0.4, -0.2) is 130 Å². The topological polar surface area (TPSA) is 550 Å². The van der Waals surface area contributed by atoms with Crippen molar-refractivity contribution in [3.63, 3.8) is 0 Å². The molecule has 0 aliphatic carbocycles. The van der Waals surface area contributed by atoms with E-state index in [1.165, 1.54) is 0 Å². The van der Waals surface area contributed by atoms with Gasteiger partial charge in [-0.1, -0.05) is 36.4 Å². The minimum absolute atomic E-state index is 0.000838. The van der Waals surface area contributed by atoms with E-state index in [-0.39, 0.29) is 4.90 Å². The molecule has 0 radical (unpaired) electrons. The first-order valence-electron chi connectivity index (χ1n) is 15.1. The second-order valence-electron chi connectivity index (χ2n) is 12.0. The number of nitrogens with zero attached hydrogens (tertiary/aromatic N) is 2. The lowest BCUT2D eigenvalue weighted by molar-refractivity contribution is 0.452. The fourth-order valence-corrected chi connectivity index (χ4v) is 17.0. The molecule has 0 saturated heterocycles. The molecule has 0 aromatic heterocycles. The molecule has 66 heavy (non-hydrogen) atoms. The number of benzene rings is 4. The largest absolute Gasteiger partial charge is 0.375 e. The van der Waals surface area contributed by atoms with Crippen LogP contribution in [0.5, 0.6) is 0 Å². The summed E-state index contributed by atoms with van der Waals surface area (Å²) in [7, 11) is -74.6. The summed E-state index contributed by atoms with van der Waals surface area (Å²) in [6.07, 6.45) is 0. The van der Waals surface area contributed by atoms with Gasteiger partial charge in [-0.15, -0.1) is 3.71 Å². The van der Waals surface area contributed by atoms with E-state index in [9.17, 15) is 130 Å². The summed E-state index contributed by atoms with van der Waals surface area (Å²) in [6.45, 7) is 0. The van der Waals surface area contributed by atoms with Crippen LogP contribution in [0.1, 0.15) is 0 Å². The molecule has 42 heteroatoms. The van der Waals surface area contributed by atoms with Gasteiger partial charge in [0, 0.05) is 22.5 Å². The molecule has 10 N–H and O–H groups in total. The third kappa shape index (κ3) is 10.5. The average Bonchev–Trinajstić information content (AvgIpc) is 3.06. The standard InChI is InChI=1S/C24H20N2O30S10/c27-57(28,29)17-13(14-19(59(33,34)35)23(63(45,46)47)16(26(65(51,52)53)66(54,55)56)24(64(48,49)50)20(14)60(36,37)38)18(58(30,31)32)22(62(42,43)44)15(21(17)61(39,40)41)25(11-7-3-1-4-8-11)12-9-5-2-6-10-12/h1-10H,(H,27,28,29)(H,30,31,32)(H,33,34,35)(H,36,37,38)(H,39,40,41)(H,42,43,44)(H,45,46,47)(H,48,49,50)(H,51,52,53)(H,54,55,56).